The summed E-state index contributed by atoms with van der Waals surface area (Å²) in [7, 11) is 0. The molecule has 1 aromatic carbocycles. The van der Waals surface area contributed by atoms with Gasteiger partial charge in [-0.3, -0.25) is 4.99 Å². The van der Waals surface area contributed by atoms with Gasteiger partial charge in [0.2, 0.25) is 0 Å². The molecule has 1 aliphatic rings. The highest BCUT2D eigenvalue weighted by atomic mass is 79.9. The molecule has 1 aliphatic heterocycles. The third kappa shape index (κ3) is 3.15. The second kappa shape index (κ2) is 5.59. The largest absolute Gasteiger partial charge is 0.362 e. The fraction of sp³-hybridized carbons (Fsp3) is 0.417. The topological polar surface area (TPSA) is 24.4 Å². The van der Waals surface area contributed by atoms with E-state index >= 15 is 0 Å². The third-order valence-corrected chi connectivity index (χ3v) is 3.60. The van der Waals surface area contributed by atoms with Crippen molar-refractivity contribution >= 4 is 45.0 Å². The number of hydrogen-bond donors (Lipinski definition) is 1. The minimum Gasteiger partial charge on any atom is -0.362 e. The summed E-state index contributed by atoms with van der Waals surface area (Å²) in [6.45, 7) is 2.77. The first-order chi connectivity index (χ1) is 8.08. The molecule has 1 heterocycles. The molecule has 0 aromatic heterocycles. The van der Waals surface area contributed by atoms with Crippen molar-refractivity contribution in [1.29, 1.82) is 0 Å². The number of rotatable bonds is 2. The highest BCUT2D eigenvalue weighted by Gasteiger charge is 2.24. The fourth-order valence-corrected chi connectivity index (χ4v) is 2.98. The van der Waals surface area contributed by atoms with E-state index < -0.39 is 0 Å². The predicted molar refractivity (Wildman–Crippen MR) is 77.6 cm³/mol. The van der Waals surface area contributed by atoms with Gasteiger partial charge in [-0.25, -0.2) is 0 Å². The lowest BCUT2D eigenvalue weighted by molar-refractivity contribution is 0.771. The first kappa shape index (κ1) is 13.2. The van der Waals surface area contributed by atoms with Crippen molar-refractivity contribution in [3.05, 3.63) is 33.8 Å². The fourth-order valence-electron chi connectivity index (χ4n) is 2.01. The van der Waals surface area contributed by atoms with Gasteiger partial charge in [-0.05, 0) is 24.6 Å². The zero-order valence-corrected chi connectivity index (χ0v) is 12.5. The zero-order valence-electron chi connectivity index (χ0n) is 9.38. The van der Waals surface area contributed by atoms with Gasteiger partial charge in [0.25, 0.3) is 0 Å². The van der Waals surface area contributed by atoms with Crippen LogP contribution in [0.2, 0.25) is 10.0 Å². The summed E-state index contributed by atoms with van der Waals surface area (Å²) in [6.07, 6.45) is 0.861. The van der Waals surface area contributed by atoms with E-state index in [1.54, 1.807) is 0 Å². The molecular weight excluding hydrogens is 323 g/mol. The first-order valence-corrected chi connectivity index (χ1v) is 7.13. The van der Waals surface area contributed by atoms with Gasteiger partial charge in [-0.15, -0.1) is 0 Å². The number of nitrogens with one attached hydrogen (secondary N) is 1. The van der Waals surface area contributed by atoms with Crippen LogP contribution in [0.1, 0.15) is 24.8 Å². The van der Waals surface area contributed by atoms with Crippen LogP contribution in [0.25, 0.3) is 0 Å². The van der Waals surface area contributed by atoms with Gasteiger partial charge in [0.15, 0.2) is 0 Å². The lowest BCUT2D eigenvalue weighted by Crippen LogP contribution is -2.27. The Morgan fingerprint density at radius 2 is 2.06 bits per heavy atom. The maximum atomic E-state index is 6.20. The van der Waals surface area contributed by atoms with Crippen molar-refractivity contribution in [2.45, 2.75) is 24.2 Å². The molecule has 17 heavy (non-hydrogen) atoms. The van der Waals surface area contributed by atoms with Gasteiger partial charge in [-0.2, -0.15) is 0 Å². The Morgan fingerprint density at radius 3 is 2.65 bits per heavy atom. The monoisotopic (exact) mass is 334 g/mol. The summed E-state index contributed by atoms with van der Waals surface area (Å²) < 4.78 is 0. The summed E-state index contributed by atoms with van der Waals surface area (Å²) in [5, 5.41) is 4.72. The van der Waals surface area contributed by atoms with E-state index in [0.29, 0.717) is 0 Å². The summed E-state index contributed by atoms with van der Waals surface area (Å²) in [6, 6.07) is 5.62. The Labute approximate surface area is 120 Å². The normalized spacial score (nSPS) is 21.2. The summed E-state index contributed by atoms with van der Waals surface area (Å²) in [5.41, 5.74) is 1.01. The van der Waals surface area contributed by atoms with Gasteiger partial charge in [0, 0.05) is 28.9 Å². The van der Waals surface area contributed by atoms with E-state index in [4.69, 9.17) is 23.2 Å². The highest BCUT2D eigenvalue weighted by molar-refractivity contribution is 9.09. The van der Waals surface area contributed by atoms with Crippen LogP contribution in [0.5, 0.6) is 0 Å². The van der Waals surface area contributed by atoms with Crippen LogP contribution in [0.15, 0.2) is 23.2 Å². The minimum absolute atomic E-state index is 0.224. The number of alkyl halides is 1. The number of nitrogens with zero attached hydrogens (tertiary/aromatic N) is 1. The maximum absolute atomic E-state index is 6.20. The van der Waals surface area contributed by atoms with Crippen LogP contribution in [-0.2, 0) is 0 Å². The van der Waals surface area contributed by atoms with E-state index in [0.717, 1.165) is 34.4 Å². The molecule has 2 unspecified atom stereocenters. The van der Waals surface area contributed by atoms with Crippen LogP contribution >= 0.6 is 39.1 Å². The molecule has 0 bridgehead atoms. The summed E-state index contributed by atoms with van der Waals surface area (Å²) >= 11 is 15.8. The molecule has 0 aliphatic carbocycles. The molecule has 5 heteroatoms. The van der Waals surface area contributed by atoms with Crippen LogP contribution in [0.4, 0.5) is 0 Å². The Balaban J connectivity index is 2.12. The Bertz CT molecular complexity index is 426. The summed E-state index contributed by atoms with van der Waals surface area (Å²) in [5.74, 6) is 1.29. The molecule has 0 saturated heterocycles. The van der Waals surface area contributed by atoms with Gasteiger partial charge in [0.1, 0.15) is 0 Å². The van der Waals surface area contributed by atoms with E-state index in [9.17, 15) is 0 Å². The molecule has 0 saturated carbocycles. The Hall–Kier alpha value is -0.250. The predicted octanol–water partition coefficient (Wildman–Crippen LogP) is 4.21. The van der Waals surface area contributed by atoms with Crippen molar-refractivity contribution in [3.8, 4) is 0 Å². The number of amidine groups is 1. The zero-order chi connectivity index (χ0) is 12.4. The number of benzene rings is 1. The van der Waals surface area contributed by atoms with Gasteiger partial charge < -0.3 is 5.32 Å². The average molecular weight is 336 g/mol. The molecule has 2 rings (SSSR count). The van der Waals surface area contributed by atoms with E-state index in [1.807, 2.05) is 25.1 Å². The van der Waals surface area contributed by atoms with E-state index in [-0.39, 0.29) is 10.9 Å². The van der Waals surface area contributed by atoms with Gasteiger partial charge in [0.05, 0.1) is 10.8 Å². The first-order valence-electron chi connectivity index (χ1n) is 5.45. The number of hydrogen-bond acceptors (Lipinski definition) is 2. The second-order valence-corrected chi connectivity index (χ2v) is 6.27. The average Bonchev–Trinajstić information content (AvgIpc) is 2.65. The maximum Gasteiger partial charge on any atom is 0.0978 e. The van der Waals surface area contributed by atoms with Gasteiger partial charge >= 0.3 is 0 Å². The molecule has 2 atom stereocenters. The molecule has 1 N–H and O–H groups in total. The van der Waals surface area contributed by atoms with Crippen molar-refractivity contribution in [3.63, 3.8) is 0 Å². The smallest absolute Gasteiger partial charge is 0.0978 e. The highest BCUT2D eigenvalue weighted by Crippen LogP contribution is 2.35. The van der Waals surface area contributed by atoms with E-state index in [2.05, 4.69) is 26.2 Å². The molecular formula is C12H13BrCl2N2. The Morgan fingerprint density at radius 1 is 1.41 bits per heavy atom. The third-order valence-electron chi connectivity index (χ3n) is 2.72. The molecule has 1 aromatic rings. The quantitative estimate of drug-likeness (QED) is 0.635. The van der Waals surface area contributed by atoms with Crippen molar-refractivity contribution in [2.24, 2.45) is 4.99 Å². The van der Waals surface area contributed by atoms with Crippen molar-refractivity contribution < 1.29 is 0 Å². The van der Waals surface area contributed by atoms with Gasteiger partial charge in [-0.1, -0.05) is 45.2 Å². The van der Waals surface area contributed by atoms with Crippen LogP contribution in [-0.4, -0.2) is 17.3 Å². The van der Waals surface area contributed by atoms with Crippen LogP contribution in [0.3, 0.4) is 0 Å². The van der Waals surface area contributed by atoms with E-state index in [1.165, 1.54) is 0 Å². The van der Waals surface area contributed by atoms with Crippen LogP contribution in [0, 0.1) is 0 Å². The molecule has 2 nitrogen and oxygen atoms in total. The lowest BCUT2D eigenvalue weighted by Gasteiger charge is -2.14. The molecule has 0 amide bonds. The Kier molecular flexibility index (Phi) is 4.34. The minimum atomic E-state index is 0.224. The molecule has 0 fully saturated rings. The number of aliphatic imine (C=N–C) groups is 1. The lowest BCUT2D eigenvalue weighted by atomic mass is 9.97. The molecule has 0 radical (unpaired) electrons. The standard InChI is InChI=1S/C12H13BrCl2N2/c1-7(13)17-11-5-8(6-16-11)12-9(14)3-2-4-10(12)15/h2-4,7-8H,5-6H2,1H3,(H,16,17). The molecule has 0 spiro atoms. The SMILES string of the molecule is CC(Br)NC1=NCC(c2c(Cl)cccc2Cl)C1. The van der Waals surface area contributed by atoms with Crippen molar-refractivity contribution in [1.82, 2.24) is 5.32 Å². The van der Waals surface area contributed by atoms with Crippen LogP contribution < -0.4 is 5.32 Å². The second-order valence-electron chi connectivity index (χ2n) is 4.08. The molecule has 92 valence electrons. The number of halogens is 3. The summed E-state index contributed by atoms with van der Waals surface area (Å²) in [4.78, 5) is 4.70. The van der Waals surface area contributed by atoms with Crippen molar-refractivity contribution in [2.75, 3.05) is 6.54 Å².